The molecule has 3 heterocycles. The van der Waals surface area contributed by atoms with Crippen LogP contribution in [0, 0.1) is 11.7 Å². The van der Waals surface area contributed by atoms with Gasteiger partial charge in [0, 0.05) is 31.2 Å². The number of fused-ring (bicyclic) bond motifs is 2. The fraction of sp³-hybridized carbons (Fsp3) is 0.273. The zero-order valence-corrected chi connectivity index (χ0v) is 16.8. The molecular formula is C22H19ClFN5O. The summed E-state index contributed by atoms with van der Waals surface area (Å²) in [7, 11) is 0. The third-order valence-electron chi connectivity index (χ3n) is 5.84. The lowest BCUT2D eigenvalue weighted by Gasteiger charge is -2.34. The number of halogens is 2. The van der Waals surface area contributed by atoms with Crippen molar-refractivity contribution >= 4 is 23.3 Å². The lowest BCUT2D eigenvalue weighted by atomic mass is 10.0. The normalized spacial score (nSPS) is 22.3. The molecule has 1 aromatic carbocycles. The Labute approximate surface area is 178 Å². The minimum absolute atomic E-state index is 0.0211. The van der Waals surface area contributed by atoms with Crippen LogP contribution in [-0.2, 0) is 0 Å². The van der Waals surface area contributed by atoms with Crippen molar-refractivity contribution in [2.24, 2.45) is 5.92 Å². The fourth-order valence-corrected chi connectivity index (χ4v) is 4.69. The first-order valence-corrected chi connectivity index (χ1v) is 10.2. The average molecular weight is 424 g/mol. The standard InChI is InChI=1S/C22H19ClFN5O/c23-14-5-6-19(27-11-14)28-17-9-13-10-18(17)29(12-13)22(30)15-3-1-4-16(24)20(15)21-25-7-2-8-26-21/h1-8,11,13,17-18H,9-10,12H2,(H,27,28)/t13-,17-,18+/m1/s1. The van der Waals surface area contributed by atoms with Crippen molar-refractivity contribution in [3.05, 3.63) is 71.4 Å². The van der Waals surface area contributed by atoms with Gasteiger partial charge in [0.1, 0.15) is 11.6 Å². The maximum Gasteiger partial charge on any atom is 0.255 e. The molecule has 8 heteroatoms. The van der Waals surface area contributed by atoms with Crippen molar-refractivity contribution in [2.75, 3.05) is 11.9 Å². The first kappa shape index (κ1) is 18.9. The Hall–Kier alpha value is -3.06. The van der Waals surface area contributed by atoms with E-state index in [0.717, 1.165) is 18.7 Å². The third kappa shape index (κ3) is 3.39. The number of anilines is 1. The van der Waals surface area contributed by atoms with Crippen LogP contribution in [-0.4, -0.2) is 44.4 Å². The van der Waals surface area contributed by atoms with E-state index in [1.165, 1.54) is 6.07 Å². The van der Waals surface area contributed by atoms with Gasteiger partial charge in [-0.25, -0.2) is 19.3 Å². The zero-order chi connectivity index (χ0) is 20.7. The zero-order valence-electron chi connectivity index (χ0n) is 16.0. The van der Waals surface area contributed by atoms with Crippen LogP contribution in [0.5, 0.6) is 0 Å². The Morgan fingerprint density at radius 1 is 1.10 bits per heavy atom. The number of nitrogens with one attached hydrogen (secondary N) is 1. The molecular weight excluding hydrogens is 405 g/mol. The third-order valence-corrected chi connectivity index (χ3v) is 6.06. The van der Waals surface area contributed by atoms with Gasteiger partial charge in [0.25, 0.3) is 5.91 Å². The molecule has 0 spiro atoms. The molecule has 3 atom stereocenters. The van der Waals surface area contributed by atoms with E-state index in [9.17, 15) is 9.18 Å². The van der Waals surface area contributed by atoms with Gasteiger partial charge in [0.2, 0.25) is 0 Å². The van der Waals surface area contributed by atoms with Gasteiger partial charge in [0.15, 0.2) is 5.82 Å². The molecule has 1 aliphatic heterocycles. The van der Waals surface area contributed by atoms with Crippen molar-refractivity contribution < 1.29 is 9.18 Å². The van der Waals surface area contributed by atoms with Crippen LogP contribution in [0.2, 0.25) is 5.02 Å². The predicted molar refractivity (Wildman–Crippen MR) is 112 cm³/mol. The molecule has 30 heavy (non-hydrogen) atoms. The first-order valence-electron chi connectivity index (χ1n) is 9.85. The summed E-state index contributed by atoms with van der Waals surface area (Å²) in [5, 5.41) is 4.01. The van der Waals surface area contributed by atoms with Gasteiger partial charge in [-0.3, -0.25) is 4.79 Å². The summed E-state index contributed by atoms with van der Waals surface area (Å²) in [5.74, 6) is 0.655. The molecule has 2 aliphatic rings. The highest BCUT2D eigenvalue weighted by molar-refractivity contribution is 6.30. The van der Waals surface area contributed by atoms with E-state index in [2.05, 4.69) is 20.3 Å². The molecule has 6 nitrogen and oxygen atoms in total. The van der Waals surface area contributed by atoms with E-state index < -0.39 is 5.82 Å². The van der Waals surface area contributed by atoms with Crippen molar-refractivity contribution in [3.63, 3.8) is 0 Å². The second kappa shape index (κ2) is 7.65. The van der Waals surface area contributed by atoms with E-state index in [0.29, 0.717) is 17.5 Å². The smallest absolute Gasteiger partial charge is 0.255 e. The van der Waals surface area contributed by atoms with E-state index in [-0.39, 0.29) is 34.9 Å². The number of benzene rings is 1. The molecule has 0 unspecified atom stereocenters. The minimum atomic E-state index is -0.503. The van der Waals surface area contributed by atoms with E-state index in [1.807, 2.05) is 11.0 Å². The van der Waals surface area contributed by atoms with Gasteiger partial charge in [-0.05, 0) is 49.1 Å². The highest BCUT2D eigenvalue weighted by Gasteiger charge is 2.47. The molecule has 2 aromatic heterocycles. The van der Waals surface area contributed by atoms with Crippen LogP contribution < -0.4 is 5.32 Å². The Kier molecular flexibility index (Phi) is 4.83. The summed E-state index contributed by atoms with van der Waals surface area (Å²) in [6.07, 6.45) is 6.57. The fourth-order valence-electron chi connectivity index (χ4n) is 4.58. The summed E-state index contributed by atoms with van der Waals surface area (Å²) in [6.45, 7) is 0.668. The van der Waals surface area contributed by atoms with E-state index in [1.54, 1.807) is 42.9 Å². The number of carbonyl (C=O) groups is 1. The molecule has 152 valence electrons. The molecule has 3 aromatic rings. The average Bonchev–Trinajstić information content (AvgIpc) is 3.36. The maximum atomic E-state index is 14.7. The summed E-state index contributed by atoms with van der Waals surface area (Å²) < 4.78 is 14.7. The molecule has 1 N–H and O–H groups in total. The molecule has 2 bridgehead atoms. The molecule has 1 aliphatic carbocycles. The predicted octanol–water partition coefficient (Wildman–Crippen LogP) is 4.05. The van der Waals surface area contributed by atoms with Gasteiger partial charge in [-0.1, -0.05) is 17.7 Å². The van der Waals surface area contributed by atoms with Gasteiger partial charge >= 0.3 is 0 Å². The van der Waals surface area contributed by atoms with Crippen LogP contribution in [0.25, 0.3) is 11.4 Å². The molecule has 2 fully saturated rings. The van der Waals surface area contributed by atoms with Crippen molar-refractivity contribution in [2.45, 2.75) is 24.9 Å². The Bertz CT molecular complexity index is 1080. The van der Waals surface area contributed by atoms with Gasteiger partial charge in [0.05, 0.1) is 22.2 Å². The van der Waals surface area contributed by atoms with Crippen LogP contribution in [0.1, 0.15) is 23.2 Å². The van der Waals surface area contributed by atoms with Crippen molar-refractivity contribution in [1.29, 1.82) is 0 Å². The number of hydrogen-bond donors (Lipinski definition) is 1. The second-order valence-electron chi connectivity index (χ2n) is 7.71. The Morgan fingerprint density at radius 2 is 1.93 bits per heavy atom. The largest absolute Gasteiger partial charge is 0.365 e. The number of pyridine rings is 1. The van der Waals surface area contributed by atoms with Gasteiger partial charge in [-0.2, -0.15) is 0 Å². The number of piperidine rings is 1. The number of aromatic nitrogens is 3. The van der Waals surface area contributed by atoms with E-state index >= 15 is 0 Å². The summed E-state index contributed by atoms with van der Waals surface area (Å²) >= 11 is 5.92. The lowest BCUT2D eigenvalue weighted by Crippen LogP contribution is -2.47. The molecule has 0 radical (unpaired) electrons. The monoisotopic (exact) mass is 423 g/mol. The second-order valence-corrected chi connectivity index (χ2v) is 8.15. The van der Waals surface area contributed by atoms with Crippen molar-refractivity contribution in [3.8, 4) is 11.4 Å². The Balaban J connectivity index is 1.42. The quantitative estimate of drug-likeness (QED) is 0.685. The topological polar surface area (TPSA) is 71.0 Å². The molecule has 1 saturated carbocycles. The number of rotatable bonds is 4. The number of hydrogen-bond acceptors (Lipinski definition) is 5. The first-order chi connectivity index (χ1) is 14.6. The van der Waals surface area contributed by atoms with Crippen LogP contribution in [0.4, 0.5) is 10.2 Å². The number of likely N-dealkylation sites (tertiary alicyclic amines) is 1. The summed E-state index contributed by atoms with van der Waals surface area (Å²) in [6, 6.07) is 9.91. The number of nitrogens with zero attached hydrogens (tertiary/aromatic N) is 4. The summed E-state index contributed by atoms with van der Waals surface area (Å²) in [4.78, 5) is 27.9. The van der Waals surface area contributed by atoms with E-state index in [4.69, 9.17) is 11.6 Å². The number of carbonyl (C=O) groups excluding carboxylic acids is 1. The van der Waals surface area contributed by atoms with Gasteiger partial charge in [-0.15, -0.1) is 0 Å². The highest BCUT2D eigenvalue weighted by atomic mass is 35.5. The molecule has 1 saturated heterocycles. The van der Waals surface area contributed by atoms with Crippen LogP contribution in [0.3, 0.4) is 0 Å². The number of amides is 1. The highest BCUT2D eigenvalue weighted by Crippen LogP contribution is 2.40. The Morgan fingerprint density at radius 3 is 2.67 bits per heavy atom. The van der Waals surface area contributed by atoms with Gasteiger partial charge < -0.3 is 10.2 Å². The van der Waals surface area contributed by atoms with Crippen LogP contribution in [0.15, 0.2) is 55.0 Å². The maximum absolute atomic E-state index is 14.7. The SMILES string of the molecule is O=C(c1cccc(F)c1-c1ncccn1)N1C[C@@H]2C[C@@H](Nc3ccc(Cl)cn3)[C@@H]1C2. The summed E-state index contributed by atoms with van der Waals surface area (Å²) in [5.41, 5.74) is 0.437. The lowest BCUT2D eigenvalue weighted by molar-refractivity contribution is 0.0692. The van der Waals surface area contributed by atoms with Crippen molar-refractivity contribution in [1.82, 2.24) is 19.9 Å². The molecule has 1 amide bonds. The van der Waals surface area contributed by atoms with Crippen LogP contribution >= 0.6 is 11.6 Å². The molecule has 5 rings (SSSR count). The minimum Gasteiger partial charge on any atom is -0.365 e.